The lowest BCUT2D eigenvalue weighted by Crippen LogP contribution is -2.38. The van der Waals surface area contributed by atoms with E-state index in [1.807, 2.05) is 24.4 Å². The monoisotopic (exact) mass is 491 g/mol. The normalized spacial score (nSPS) is 12.5. The SMILES string of the molecule is CCNC(=NCC(C)c1ccc(C)cc1)NCCc1cn2ccccc2n1.I. The van der Waals surface area contributed by atoms with Crippen LogP contribution in [0, 0.1) is 6.92 Å². The first-order valence-corrected chi connectivity index (χ1v) is 9.67. The van der Waals surface area contributed by atoms with Gasteiger partial charge in [-0.05, 0) is 31.5 Å². The van der Waals surface area contributed by atoms with Crippen LogP contribution in [0.2, 0.25) is 0 Å². The lowest BCUT2D eigenvalue weighted by molar-refractivity contribution is 0.743. The second-order valence-corrected chi connectivity index (χ2v) is 6.91. The summed E-state index contributed by atoms with van der Waals surface area (Å²) in [6, 6.07) is 14.8. The Hall–Kier alpha value is -2.09. The van der Waals surface area contributed by atoms with Crippen LogP contribution in [0.3, 0.4) is 0 Å². The second kappa shape index (κ2) is 11.0. The van der Waals surface area contributed by atoms with Crippen molar-refractivity contribution < 1.29 is 0 Å². The minimum absolute atomic E-state index is 0. The number of hydrogen-bond acceptors (Lipinski definition) is 2. The van der Waals surface area contributed by atoms with Gasteiger partial charge in [0.05, 0.1) is 5.69 Å². The van der Waals surface area contributed by atoms with Crippen molar-refractivity contribution in [2.24, 2.45) is 4.99 Å². The number of guanidine groups is 1. The summed E-state index contributed by atoms with van der Waals surface area (Å²) in [4.78, 5) is 9.39. The molecule has 0 bridgehead atoms. The molecule has 0 radical (unpaired) electrons. The molecule has 0 saturated heterocycles. The highest BCUT2D eigenvalue weighted by molar-refractivity contribution is 14.0. The molecule has 3 rings (SSSR count). The van der Waals surface area contributed by atoms with Crippen LogP contribution in [0.4, 0.5) is 0 Å². The number of hydrogen-bond donors (Lipinski definition) is 2. The van der Waals surface area contributed by atoms with Crippen molar-refractivity contribution in [3.05, 3.63) is 71.7 Å². The van der Waals surface area contributed by atoms with Crippen molar-refractivity contribution in [1.82, 2.24) is 20.0 Å². The van der Waals surface area contributed by atoms with E-state index in [0.717, 1.165) is 43.4 Å². The Morgan fingerprint density at radius 2 is 1.93 bits per heavy atom. The standard InChI is InChI=1S/C22H29N5.HI/c1-4-23-22(25-15-18(3)19-10-8-17(2)9-11-19)24-13-12-20-16-27-14-6-5-7-21(27)26-20;/h5-11,14,16,18H,4,12-13,15H2,1-3H3,(H2,23,24,25);1H. The Bertz CT molecular complexity index is 852. The summed E-state index contributed by atoms with van der Waals surface area (Å²) in [5.41, 5.74) is 4.68. The van der Waals surface area contributed by atoms with Gasteiger partial charge in [0.2, 0.25) is 0 Å². The molecule has 0 saturated carbocycles. The molecule has 0 amide bonds. The highest BCUT2D eigenvalue weighted by Crippen LogP contribution is 2.16. The third-order valence-electron chi connectivity index (χ3n) is 4.60. The Morgan fingerprint density at radius 1 is 1.14 bits per heavy atom. The Labute approximate surface area is 184 Å². The first-order valence-electron chi connectivity index (χ1n) is 9.67. The second-order valence-electron chi connectivity index (χ2n) is 6.91. The molecule has 2 aromatic heterocycles. The molecular formula is C22H30IN5. The fourth-order valence-electron chi connectivity index (χ4n) is 2.99. The maximum Gasteiger partial charge on any atom is 0.191 e. The first kappa shape index (κ1) is 22.2. The zero-order valence-corrected chi connectivity index (χ0v) is 19.2. The Balaban J connectivity index is 0.00000280. The van der Waals surface area contributed by atoms with Crippen molar-refractivity contribution >= 4 is 35.6 Å². The predicted molar refractivity (Wildman–Crippen MR) is 128 cm³/mol. The van der Waals surface area contributed by atoms with Gasteiger partial charge in [-0.15, -0.1) is 24.0 Å². The van der Waals surface area contributed by atoms with E-state index >= 15 is 0 Å². The van der Waals surface area contributed by atoms with Crippen LogP contribution < -0.4 is 10.6 Å². The van der Waals surface area contributed by atoms with Crippen LogP contribution in [0.5, 0.6) is 0 Å². The molecule has 1 atom stereocenters. The van der Waals surface area contributed by atoms with Gasteiger partial charge in [-0.3, -0.25) is 4.99 Å². The quantitative estimate of drug-likeness (QED) is 0.297. The molecule has 0 fully saturated rings. The summed E-state index contributed by atoms with van der Waals surface area (Å²) in [5.74, 6) is 1.25. The summed E-state index contributed by atoms with van der Waals surface area (Å²) in [5, 5.41) is 6.74. The van der Waals surface area contributed by atoms with Crippen LogP contribution >= 0.6 is 24.0 Å². The minimum Gasteiger partial charge on any atom is -0.357 e. The lowest BCUT2D eigenvalue weighted by Gasteiger charge is -2.13. The van der Waals surface area contributed by atoms with Crippen molar-refractivity contribution in [1.29, 1.82) is 0 Å². The summed E-state index contributed by atoms with van der Waals surface area (Å²) < 4.78 is 2.05. The summed E-state index contributed by atoms with van der Waals surface area (Å²) >= 11 is 0. The largest absolute Gasteiger partial charge is 0.357 e. The van der Waals surface area contributed by atoms with Crippen molar-refractivity contribution in [3.8, 4) is 0 Å². The molecule has 3 aromatic rings. The molecule has 28 heavy (non-hydrogen) atoms. The van der Waals surface area contributed by atoms with Crippen LogP contribution in [-0.4, -0.2) is 35.0 Å². The third-order valence-corrected chi connectivity index (χ3v) is 4.60. The number of nitrogens with zero attached hydrogens (tertiary/aromatic N) is 3. The maximum atomic E-state index is 4.75. The van der Waals surface area contributed by atoms with E-state index in [-0.39, 0.29) is 24.0 Å². The Morgan fingerprint density at radius 3 is 2.64 bits per heavy atom. The summed E-state index contributed by atoms with van der Waals surface area (Å²) in [6.07, 6.45) is 4.97. The molecule has 150 valence electrons. The topological polar surface area (TPSA) is 53.7 Å². The van der Waals surface area contributed by atoms with Crippen molar-refractivity contribution in [2.45, 2.75) is 33.1 Å². The zero-order chi connectivity index (χ0) is 19.1. The van der Waals surface area contributed by atoms with Gasteiger partial charge < -0.3 is 15.0 Å². The number of fused-ring (bicyclic) bond motifs is 1. The molecule has 0 aliphatic carbocycles. The number of imidazole rings is 1. The van der Waals surface area contributed by atoms with E-state index in [1.165, 1.54) is 11.1 Å². The number of aryl methyl sites for hydroxylation is 1. The average Bonchev–Trinajstić information content (AvgIpc) is 3.09. The van der Waals surface area contributed by atoms with Gasteiger partial charge in [-0.2, -0.15) is 0 Å². The van der Waals surface area contributed by atoms with Gasteiger partial charge in [-0.25, -0.2) is 4.98 Å². The fourth-order valence-corrected chi connectivity index (χ4v) is 2.99. The number of pyridine rings is 1. The smallest absolute Gasteiger partial charge is 0.191 e. The van der Waals surface area contributed by atoms with E-state index in [2.05, 4.69) is 71.3 Å². The number of nitrogens with one attached hydrogen (secondary N) is 2. The number of rotatable bonds is 7. The van der Waals surface area contributed by atoms with Gasteiger partial charge in [0.25, 0.3) is 0 Å². The molecule has 2 heterocycles. The molecule has 0 aliphatic rings. The number of aliphatic imine (C=N–C) groups is 1. The van der Waals surface area contributed by atoms with Gasteiger partial charge in [0.1, 0.15) is 5.65 Å². The number of halogens is 1. The van der Waals surface area contributed by atoms with Crippen LogP contribution in [-0.2, 0) is 6.42 Å². The van der Waals surface area contributed by atoms with Crippen LogP contribution in [0.15, 0.2) is 59.9 Å². The van der Waals surface area contributed by atoms with E-state index in [0.29, 0.717) is 5.92 Å². The average molecular weight is 491 g/mol. The van der Waals surface area contributed by atoms with E-state index in [4.69, 9.17) is 4.99 Å². The minimum atomic E-state index is 0. The molecule has 2 N–H and O–H groups in total. The summed E-state index contributed by atoms with van der Waals surface area (Å²) in [7, 11) is 0. The molecule has 1 unspecified atom stereocenters. The highest BCUT2D eigenvalue weighted by atomic mass is 127. The number of benzene rings is 1. The zero-order valence-electron chi connectivity index (χ0n) is 16.9. The van der Waals surface area contributed by atoms with Gasteiger partial charge in [0.15, 0.2) is 5.96 Å². The molecule has 5 nitrogen and oxygen atoms in total. The first-order chi connectivity index (χ1) is 13.2. The van der Waals surface area contributed by atoms with Crippen molar-refractivity contribution in [3.63, 3.8) is 0 Å². The van der Waals surface area contributed by atoms with Crippen LogP contribution in [0.25, 0.3) is 5.65 Å². The predicted octanol–water partition coefficient (Wildman–Crippen LogP) is 4.16. The fraction of sp³-hybridized carbons (Fsp3) is 0.364. The Kier molecular flexibility index (Phi) is 8.76. The van der Waals surface area contributed by atoms with Crippen LogP contribution in [0.1, 0.15) is 36.6 Å². The molecule has 6 heteroatoms. The number of aromatic nitrogens is 2. The highest BCUT2D eigenvalue weighted by Gasteiger charge is 2.06. The van der Waals surface area contributed by atoms with E-state index < -0.39 is 0 Å². The van der Waals surface area contributed by atoms with E-state index in [9.17, 15) is 0 Å². The molecule has 0 aliphatic heterocycles. The summed E-state index contributed by atoms with van der Waals surface area (Å²) in [6.45, 7) is 8.82. The van der Waals surface area contributed by atoms with Crippen molar-refractivity contribution in [2.75, 3.05) is 19.6 Å². The van der Waals surface area contributed by atoms with E-state index in [1.54, 1.807) is 0 Å². The lowest BCUT2D eigenvalue weighted by atomic mass is 10.0. The third kappa shape index (κ3) is 6.22. The molecule has 1 aromatic carbocycles. The van der Waals surface area contributed by atoms with Gasteiger partial charge >= 0.3 is 0 Å². The molecular weight excluding hydrogens is 461 g/mol. The van der Waals surface area contributed by atoms with Gasteiger partial charge in [0, 0.05) is 44.4 Å². The maximum absolute atomic E-state index is 4.75. The van der Waals surface area contributed by atoms with Gasteiger partial charge in [-0.1, -0.05) is 42.8 Å². The molecule has 0 spiro atoms.